The van der Waals surface area contributed by atoms with Crippen molar-refractivity contribution >= 4 is 0 Å². The molecular weight excluding hydrogens is 168 g/mol. The van der Waals surface area contributed by atoms with Gasteiger partial charge in [0.2, 0.25) is 0 Å². The molecule has 0 heterocycles. The molecule has 0 bridgehead atoms. The summed E-state index contributed by atoms with van der Waals surface area (Å²) in [6.07, 6.45) is 1.15. The quantitative estimate of drug-likeness (QED) is 0.576. The van der Waals surface area contributed by atoms with Crippen molar-refractivity contribution in [3.63, 3.8) is 0 Å². The van der Waals surface area contributed by atoms with E-state index in [0.717, 1.165) is 6.42 Å². The van der Waals surface area contributed by atoms with Gasteiger partial charge in [-0.2, -0.15) is 0 Å². The molecule has 0 unspecified atom stereocenters. The Kier molecular flexibility index (Phi) is 19.9. The number of hydrogen-bond acceptors (Lipinski definition) is 0. The first-order valence-corrected chi connectivity index (χ1v) is 5.39. The highest BCUT2D eigenvalue weighted by atomic mass is 13.9. The molecule has 0 aliphatic heterocycles. The van der Waals surface area contributed by atoms with Crippen LogP contribution < -0.4 is 0 Å². The summed E-state index contributed by atoms with van der Waals surface area (Å²) < 4.78 is 0. The van der Waals surface area contributed by atoms with Crippen LogP contribution in [-0.4, -0.2) is 0 Å². The maximum absolute atomic E-state index is 2.18. The molecule has 0 amide bonds. The van der Waals surface area contributed by atoms with Gasteiger partial charge in [-0.25, -0.2) is 0 Å². The zero-order valence-corrected chi connectivity index (χ0v) is 10.0. The van der Waals surface area contributed by atoms with E-state index in [-0.39, 0.29) is 7.43 Å². The van der Waals surface area contributed by atoms with Crippen molar-refractivity contribution in [2.24, 2.45) is 0 Å². The fourth-order valence-corrected chi connectivity index (χ4v) is 1.01. The normalized spacial score (nSPS) is 7.00. The fourth-order valence-electron chi connectivity index (χ4n) is 1.01. The van der Waals surface area contributed by atoms with Crippen LogP contribution in [0.15, 0.2) is 24.3 Å². The molecule has 0 atom stereocenters. The molecular formula is C14H28. The van der Waals surface area contributed by atoms with Crippen LogP contribution in [0.1, 0.15) is 53.2 Å². The zero-order valence-electron chi connectivity index (χ0n) is 10.0. The maximum Gasteiger partial charge on any atom is -0.0305 e. The summed E-state index contributed by atoms with van der Waals surface area (Å²) in [5.41, 5.74) is 2.86. The van der Waals surface area contributed by atoms with Crippen molar-refractivity contribution in [1.82, 2.24) is 0 Å². The summed E-state index contributed by atoms with van der Waals surface area (Å²) in [5.74, 6) is 0. The summed E-state index contributed by atoms with van der Waals surface area (Å²) in [7, 11) is 0. The molecule has 14 heavy (non-hydrogen) atoms. The minimum atomic E-state index is 0. The van der Waals surface area contributed by atoms with Crippen molar-refractivity contribution in [3.8, 4) is 0 Å². The van der Waals surface area contributed by atoms with E-state index < -0.39 is 0 Å². The predicted molar refractivity (Wildman–Crippen MR) is 70.0 cm³/mol. The second-order valence-electron chi connectivity index (χ2n) is 2.28. The van der Waals surface area contributed by atoms with Gasteiger partial charge >= 0.3 is 0 Å². The molecule has 0 saturated heterocycles. The summed E-state index contributed by atoms with van der Waals surface area (Å²) >= 11 is 0. The fraction of sp³-hybridized carbons (Fsp3) is 0.571. The molecule has 0 aromatic heterocycles. The third-order valence-electron chi connectivity index (χ3n) is 1.64. The highest BCUT2D eigenvalue weighted by Gasteiger charge is 1.89. The van der Waals surface area contributed by atoms with E-state index in [0.29, 0.717) is 0 Å². The van der Waals surface area contributed by atoms with E-state index in [2.05, 4.69) is 38.1 Å². The molecule has 0 aliphatic rings. The number of benzene rings is 1. The van der Waals surface area contributed by atoms with Crippen LogP contribution in [0.4, 0.5) is 0 Å². The van der Waals surface area contributed by atoms with Gasteiger partial charge in [0.05, 0.1) is 0 Å². The highest BCUT2D eigenvalue weighted by Crippen LogP contribution is 2.06. The Hall–Kier alpha value is -0.780. The average molecular weight is 196 g/mol. The van der Waals surface area contributed by atoms with Crippen molar-refractivity contribution in [1.29, 1.82) is 0 Å². The van der Waals surface area contributed by atoms with E-state index in [4.69, 9.17) is 0 Å². The van der Waals surface area contributed by atoms with E-state index in [1.54, 1.807) is 0 Å². The predicted octanol–water partition coefficient (Wildman–Crippen LogP) is 5.25. The van der Waals surface area contributed by atoms with Gasteiger partial charge in [-0.1, -0.05) is 66.3 Å². The second kappa shape index (κ2) is 14.7. The summed E-state index contributed by atoms with van der Waals surface area (Å²) in [6.45, 7) is 12.3. The van der Waals surface area contributed by atoms with Gasteiger partial charge in [0.1, 0.15) is 0 Å². The Balaban J connectivity index is -0.000000216. The standard InChI is InChI=1S/C9H12.2C2H6.CH4/c1-3-9-7-5-4-6-8(9)2;2*1-2;/h4-7H,3H2,1-2H3;2*1-2H3;1H4. The van der Waals surface area contributed by atoms with E-state index in [9.17, 15) is 0 Å². The lowest BCUT2D eigenvalue weighted by atomic mass is 10.1. The van der Waals surface area contributed by atoms with Crippen LogP contribution in [0.5, 0.6) is 0 Å². The first kappa shape index (κ1) is 18.9. The zero-order chi connectivity index (χ0) is 10.7. The molecule has 1 aromatic carbocycles. The van der Waals surface area contributed by atoms with Crippen molar-refractivity contribution in [2.75, 3.05) is 0 Å². The molecule has 84 valence electrons. The molecule has 0 spiro atoms. The van der Waals surface area contributed by atoms with Crippen LogP contribution >= 0.6 is 0 Å². The average Bonchev–Trinajstić information content (AvgIpc) is 2.24. The minimum Gasteiger partial charge on any atom is -0.0776 e. The van der Waals surface area contributed by atoms with Gasteiger partial charge in [0, 0.05) is 0 Å². The number of rotatable bonds is 1. The van der Waals surface area contributed by atoms with Crippen molar-refractivity contribution in [2.45, 2.75) is 55.4 Å². The topological polar surface area (TPSA) is 0 Å². The number of aryl methyl sites for hydroxylation is 2. The van der Waals surface area contributed by atoms with Gasteiger partial charge in [0.15, 0.2) is 0 Å². The minimum absolute atomic E-state index is 0. The van der Waals surface area contributed by atoms with Crippen molar-refractivity contribution in [3.05, 3.63) is 35.4 Å². The first-order valence-electron chi connectivity index (χ1n) is 5.39. The van der Waals surface area contributed by atoms with Crippen LogP contribution in [0.3, 0.4) is 0 Å². The van der Waals surface area contributed by atoms with Crippen molar-refractivity contribution < 1.29 is 0 Å². The van der Waals surface area contributed by atoms with Crippen LogP contribution in [0.2, 0.25) is 0 Å². The third-order valence-corrected chi connectivity index (χ3v) is 1.64. The molecule has 0 saturated carbocycles. The Morgan fingerprint density at radius 3 is 1.64 bits per heavy atom. The van der Waals surface area contributed by atoms with E-state index >= 15 is 0 Å². The third kappa shape index (κ3) is 7.85. The smallest absolute Gasteiger partial charge is 0.0305 e. The van der Waals surface area contributed by atoms with E-state index in [1.807, 2.05) is 27.7 Å². The maximum atomic E-state index is 2.18. The molecule has 0 radical (unpaired) electrons. The van der Waals surface area contributed by atoms with Crippen LogP contribution in [-0.2, 0) is 6.42 Å². The SMILES string of the molecule is C.CC.CC.CCc1ccccc1C. The lowest BCUT2D eigenvalue weighted by molar-refractivity contribution is 1.11. The Bertz CT molecular complexity index is 189. The molecule has 1 aromatic rings. The largest absolute Gasteiger partial charge is 0.0776 e. The Morgan fingerprint density at radius 2 is 1.36 bits per heavy atom. The Morgan fingerprint density at radius 1 is 0.929 bits per heavy atom. The van der Waals surface area contributed by atoms with Crippen LogP contribution in [0.25, 0.3) is 0 Å². The molecule has 0 nitrogen and oxygen atoms in total. The lowest BCUT2D eigenvalue weighted by Gasteiger charge is -1.98. The second-order valence-corrected chi connectivity index (χ2v) is 2.28. The van der Waals surface area contributed by atoms with Gasteiger partial charge in [-0.15, -0.1) is 0 Å². The monoisotopic (exact) mass is 196 g/mol. The molecule has 0 aliphatic carbocycles. The van der Waals surface area contributed by atoms with Gasteiger partial charge < -0.3 is 0 Å². The Labute approximate surface area is 91.4 Å². The summed E-state index contributed by atoms with van der Waals surface area (Å²) in [5, 5.41) is 0. The number of hydrogen-bond donors (Lipinski definition) is 0. The summed E-state index contributed by atoms with van der Waals surface area (Å²) in [4.78, 5) is 0. The molecule has 1 rings (SSSR count). The van der Waals surface area contributed by atoms with Gasteiger partial charge in [-0.05, 0) is 24.5 Å². The first-order chi connectivity index (χ1) is 6.34. The molecule has 0 N–H and O–H groups in total. The summed E-state index contributed by atoms with van der Waals surface area (Å²) in [6, 6.07) is 8.49. The molecule has 0 heteroatoms. The lowest BCUT2D eigenvalue weighted by Crippen LogP contribution is -1.82. The van der Waals surface area contributed by atoms with Crippen LogP contribution in [0, 0.1) is 6.92 Å². The van der Waals surface area contributed by atoms with E-state index in [1.165, 1.54) is 11.1 Å². The van der Waals surface area contributed by atoms with Gasteiger partial charge in [-0.3, -0.25) is 0 Å². The van der Waals surface area contributed by atoms with Gasteiger partial charge in [0.25, 0.3) is 0 Å². The molecule has 0 fully saturated rings. The highest BCUT2D eigenvalue weighted by molar-refractivity contribution is 5.24.